The van der Waals surface area contributed by atoms with Crippen molar-refractivity contribution in [1.82, 2.24) is 0 Å². The van der Waals surface area contributed by atoms with Gasteiger partial charge in [0.25, 0.3) is 6.17 Å². The number of carbonyl (C=O) groups is 1. The van der Waals surface area contributed by atoms with Crippen molar-refractivity contribution in [3.05, 3.63) is 12.7 Å². The predicted octanol–water partition coefficient (Wildman–Crippen LogP) is 3.82. The van der Waals surface area contributed by atoms with Crippen LogP contribution in [0.2, 0.25) is 0 Å². The van der Waals surface area contributed by atoms with Gasteiger partial charge >= 0.3 is 36.3 Å². The highest BCUT2D eigenvalue weighted by Gasteiger charge is 2.81. The van der Waals surface area contributed by atoms with Crippen molar-refractivity contribution < 1.29 is 57.8 Å². The van der Waals surface area contributed by atoms with Gasteiger partial charge in [0.2, 0.25) is 0 Å². The van der Waals surface area contributed by atoms with E-state index in [9.17, 15) is 53.1 Å². The molecule has 0 heterocycles. The van der Waals surface area contributed by atoms with E-state index < -0.39 is 42.4 Å². The summed E-state index contributed by atoms with van der Waals surface area (Å²) in [7, 11) is 0. The van der Waals surface area contributed by atoms with Gasteiger partial charge in [-0.15, -0.1) is 0 Å². The van der Waals surface area contributed by atoms with E-state index >= 15 is 0 Å². The Labute approximate surface area is 114 Å². The maximum absolute atomic E-state index is 12.9. The Hall–Kier alpha value is -1.56. The fraction of sp³-hybridized carbons (Fsp3) is 0.667. The zero-order valence-corrected chi connectivity index (χ0v) is 9.91. The summed E-state index contributed by atoms with van der Waals surface area (Å²) < 4.78 is 140. The Balaban J connectivity index is 5.67. The van der Waals surface area contributed by atoms with E-state index in [1.54, 1.807) is 0 Å². The number of hydrogen-bond donors (Lipinski definition) is 0. The van der Waals surface area contributed by atoms with E-state index in [-0.39, 0.29) is 6.08 Å². The molecule has 0 bridgehead atoms. The van der Waals surface area contributed by atoms with E-state index in [4.69, 9.17) is 0 Å². The van der Waals surface area contributed by atoms with Crippen LogP contribution in [0.5, 0.6) is 0 Å². The van der Waals surface area contributed by atoms with Crippen LogP contribution in [0, 0.1) is 0 Å². The van der Waals surface area contributed by atoms with Crippen molar-refractivity contribution in [2.45, 2.75) is 36.5 Å². The predicted molar refractivity (Wildman–Crippen MR) is 47.0 cm³/mol. The van der Waals surface area contributed by atoms with Gasteiger partial charge in [-0.3, -0.25) is 0 Å². The van der Waals surface area contributed by atoms with Crippen molar-refractivity contribution in [3.63, 3.8) is 0 Å². The van der Waals surface area contributed by atoms with Crippen LogP contribution in [0.15, 0.2) is 12.7 Å². The third-order valence-corrected chi connectivity index (χ3v) is 2.11. The van der Waals surface area contributed by atoms with Crippen LogP contribution in [-0.4, -0.2) is 42.4 Å². The summed E-state index contributed by atoms with van der Waals surface area (Å²) in [5, 5.41) is 0. The Morgan fingerprint density at radius 3 is 1.64 bits per heavy atom. The van der Waals surface area contributed by atoms with Crippen molar-refractivity contribution >= 4 is 5.97 Å². The normalized spacial score (nSPS) is 16.9. The summed E-state index contributed by atoms with van der Waals surface area (Å²) in [6, 6.07) is 0. The fourth-order valence-electron chi connectivity index (χ4n) is 0.954. The zero-order chi connectivity index (χ0) is 18.1. The lowest BCUT2D eigenvalue weighted by molar-refractivity contribution is -0.380. The highest BCUT2D eigenvalue weighted by molar-refractivity contribution is 5.81. The number of carbonyl (C=O) groups excluding carboxylic acids is 1. The second-order valence-electron chi connectivity index (χ2n) is 3.68. The first kappa shape index (κ1) is 20.4. The minimum absolute atomic E-state index is 0.0212. The molecule has 0 aliphatic carbocycles. The van der Waals surface area contributed by atoms with Gasteiger partial charge in [-0.1, -0.05) is 6.58 Å². The van der Waals surface area contributed by atoms with Crippen molar-refractivity contribution in [3.8, 4) is 0 Å². The largest absolute Gasteiger partial charge is 0.425 e. The van der Waals surface area contributed by atoms with E-state index in [1.165, 1.54) is 0 Å². The lowest BCUT2D eigenvalue weighted by Crippen LogP contribution is -2.64. The van der Waals surface area contributed by atoms with Gasteiger partial charge in [-0.2, -0.15) is 43.9 Å². The molecule has 2 atom stereocenters. The van der Waals surface area contributed by atoms with Crippen LogP contribution in [-0.2, 0) is 9.53 Å². The third kappa shape index (κ3) is 3.43. The van der Waals surface area contributed by atoms with E-state index in [0.29, 0.717) is 0 Å². The van der Waals surface area contributed by atoms with Gasteiger partial charge in [0.05, 0.1) is 0 Å². The average molecular weight is 354 g/mol. The molecule has 2 unspecified atom stereocenters. The molecule has 0 radical (unpaired) electrons. The Morgan fingerprint density at radius 2 is 1.32 bits per heavy atom. The standard InChI is InChI=1S/C9H5F11O2/c1-2-3(21)22-5(11)7(14,15)9(19,20)6(12,13)4(10)8(16,17)18/h2,4-5H,1H2. The second kappa shape index (κ2) is 5.91. The summed E-state index contributed by atoms with van der Waals surface area (Å²) >= 11 is 0. The maximum Gasteiger partial charge on any atom is 0.425 e. The Kier molecular flexibility index (Phi) is 5.49. The summed E-state index contributed by atoms with van der Waals surface area (Å²) in [6.07, 6.45) is -17.2. The molecular weight excluding hydrogens is 349 g/mol. The Bertz CT molecular complexity index is 428. The monoisotopic (exact) mass is 354 g/mol. The van der Waals surface area contributed by atoms with Crippen LogP contribution in [0.3, 0.4) is 0 Å². The van der Waals surface area contributed by atoms with Crippen LogP contribution in [0.1, 0.15) is 0 Å². The summed E-state index contributed by atoms with van der Waals surface area (Å²) in [5.74, 6) is -23.0. The number of hydrogen-bond acceptors (Lipinski definition) is 2. The van der Waals surface area contributed by atoms with Gasteiger partial charge < -0.3 is 4.74 Å². The molecule has 0 fully saturated rings. The van der Waals surface area contributed by atoms with Gasteiger partial charge in [-0.25, -0.2) is 9.18 Å². The smallest absolute Gasteiger partial charge is 0.421 e. The summed E-state index contributed by atoms with van der Waals surface area (Å²) in [4.78, 5) is 10.3. The summed E-state index contributed by atoms with van der Waals surface area (Å²) in [5.41, 5.74) is 0. The molecule has 0 amide bonds. The SMILES string of the molecule is C=CC(=O)OC(F)C(F)(F)C(F)(F)C(F)(F)C(F)C(F)(F)F. The average Bonchev–Trinajstić information content (AvgIpc) is 2.35. The lowest BCUT2D eigenvalue weighted by atomic mass is 10.00. The zero-order valence-electron chi connectivity index (χ0n) is 9.91. The van der Waals surface area contributed by atoms with Crippen molar-refractivity contribution in [1.29, 1.82) is 0 Å². The first-order chi connectivity index (χ1) is 9.53. The van der Waals surface area contributed by atoms with Gasteiger partial charge in [-0.05, 0) is 0 Å². The molecule has 0 spiro atoms. The topological polar surface area (TPSA) is 26.3 Å². The molecular formula is C9H5F11O2. The number of halogens is 11. The van der Waals surface area contributed by atoms with Crippen LogP contribution >= 0.6 is 0 Å². The molecule has 13 heteroatoms. The molecule has 0 aromatic heterocycles. The third-order valence-electron chi connectivity index (χ3n) is 2.11. The van der Waals surface area contributed by atoms with Crippen LogP contribution < -0.4 is 0 Å². The fourth-order valence-corrected chi connectivity index (χ4v) is 0.954. The van der Waals surface area contributed by atoms with Crippen LogP contribution in [0.4, 0.5) is 48.3 Å². The molecule has 0 aromatic carbocycles. The first-order valence-electron chi connectivity index (χ1n) is 4.84. The van der Waals surface area contributed by atoms with E-state index in [2.05, 4.69) is 11.3 Å². The number of esters is 1. The highest BCUT2D eigenvalue weighted by atomic mass is 19.4. The molecule has 0 saturated carbocycles. The van der Waals surface area contributed by atoms with Gasteiger partial charge in [0, 0.05) is 6.08 Å². The summed E-state index contributed by atoms with van der Waals surface area (Å²) in [6.45, 7) is 2.54. The number of alkyl halides is 11. The van der Waals surface area contributed by atoms with Crippen molar-refractivity contribution in [2.75, 3.05) is 0 Å². The minimum Gasteiger partial charge on any atom is -0.421 e. The first-order valence-corrected chi connectivity index (χ1v) is 4.84. The van der Waals surface area contributed by atoms with Gasteiger partial charge in [0.1, 0.15) is 0 Å². The van der Waals surface area contributed by atoms with Crippen LogP contribution in [0.25, 0.3) is 0 Å². The van der Waals surface area contributed by atoms with Crippen molar-refractivity contribution in [2.24, 2.45) is 0 Å². The molecule has 0 saturated heterocycles. The Morgan fingerprint density at radius 1 is 0.909 bits per heavy atom. The van der Waals surface area contributed by atoms with E-state index in [1.807, 2.05) is 0 Å². The molecule has 2 nitrogen and oxygen atoms in total. The molecule has 0 aliphatic heterocycles. The number of rotatable bonds is 6. The molecule has 0 aromatic rings. The number of ether oxygens (including phenoxy) is 1. The molecule has 22 heavy (non-hydrogen) atoms. The lowest BCUT2D eigenvalue weighted by Gasteiger charge is -2.35. The molecule has 0 N–H and O–H groups in total. The quantitative estimate of drug-likeness (QED) is 0.412. The molecule has 130 valence electrons. The highest BCUT2D eigenvalue weighted by Crippen LogP contribution is 2.52. The minimum atomic E-state index is -7.17. The van der Waals surface area contributed by atoms with Gasteiger partial charge in [0.15, 0.2) is 0 Å². The molecule has 0 rings (SSSR count). The second-order valence-corrected chi connectivity index (χ2v) is 3.68. The van der Waals surface area contributed by atoms with E-state index in [0.717, 1.165) is 0 Å². The molecule has 0 aliphatic rings. The maximum atomic E-state index is 12.9.